The van der Waals surface area contributed by atoms with E-state index in [2.05, 4.69) is 11.8 Å². The van der Waals surface area contributed by atoms with Crippen LogP contribution < -0.4 is 4.90 Å². The van der Waals surface area contributed by atoms with Crippen molar-refractivity contribution >= 4 is 23.5 Å². The van der Waals surface area contributed by atoms with E-state index < -0.39 is 5.97 Å². The van der Waals surface area contributed by atoms with Crippen molar-refractivity contribution in [2.24, 2.45) is 5.92 Å². The predicted molar refractivity (Wildman–Crippen MR) is 88.7 cm³/mol. The van der Waals surface area contributed by atoms with E-state index in [4.69, 9.17) is 5.11 Å². The molecule has 6 heteroatoms. The molecule has 2 fully saturated rings. The number of rotatable bonds is 4. The number of carboxylic acids is 1. The van der Waals surface area contributed by atoms with Gasteiger partial charge in [-0.1, -0.05) is 19.1 Å². The number of carboxylic acid groups (broad SMARTS) is 1. The van der Waals surface area contributed by atoms with Crippen molar-refractivity contribution in [2.45, 2.75) is 38.6 Å². The summed E-state index contributed by atoms with van der Waals surface area (Å²) in [5.74, 6) is -0.586. The largest absolute Gasteiger partial charge is 0.481 e. The second-order valence-electron chi connectivity index (χ2n) is 6.74. The van der Waals surface area contributed by atoms with E-state index in [1.807, 2.05) is 0 Å². The van der Waals surface area contributed by atoms with Gasteiger partial charge in [0.2, 0.25) is 5.91 Å². The van der Waals surface area contributed by atoms with Crippen LogP contribution >= 0.6 is 0 Å². The van der Waals surface area contributed by atoms with Crippen molar-refractivity contribution in [1.82, 2.24) is 4.90 Å². The predicted octanol–water partition coefficient (Wildman–Crippen LogP) is 1.68. The summed E-state index contributed by atoms with van der Waals surface area (Å²) in [6.07, 6.45) is 2.27. The first kappa shape index (κ1) is 16.6. The smallest absolute Gasteiger partial charge is 0.307 e. The molecule has 128 valence electrons. The first-order chi connectivity index (χ1) is 11.5. The van der Waals surface area contributed by atoms with Crippen molar-refractivity contribution in [3.63, 3.8) is 0 Å². The Hall–Kier alpha value is -2.21. The molecule has 1 aromatic carbocycles. The minimum absolute atomic E-state index is 0.0727. The van der Waals surface area contributed by atoms with Gasteiger partial charge in [-0.05, 0) is 49.5 Å². The number of benzene rings is 1. The van der Waals surface area contributed by atoms with Crippen LogP contribution in [0, 0.1) is 5.92 Å². The van der Waals surface area contributed by atoms with Gasteiger partial charge in [0.1, 0.15) is 0 Å². The molecule has 2 aliphatic rings. The SMILES string of the molecule is CC1CCN(C2CC(=O)N(c3ccc(CC(=O)O)cc3)C2=O)CC1. The molecule has 0 saturated carbocycles. The van der Waals surface area contributed by atoms with Crippen molar-refractivity contribution < 1.29 is 19.5 Å². The van der Waals surface area contributed by atoms with Crippen LogP contribution in [-0.4, -0.2) is 46.9 Å². The highest BCUT2D eigenvalue weighted by Crippen LogP contribution is 2.28. The first-order valence-electron chi connectivity index (χ1n) is 8.37. The van der Waals surface area contributed by atoms with Gasteiger partial charge in [0.15, 0.2) is 0 Å². The van der Waals surface area contributed by atoms with Gasteiger partial charge >= 0.3 is 5.97 Å². The zero-order valence-corrected chi connectivity index (χ0v) is 13.8. The third-order valence-electron chi connectivity index (χ3n) is 4.93. The average molecular weight is 330 g/mol. The van der Waals surface area contributed by atoms with Crippen molar-refractivity contribution in [2.75, 3.05) is 18.0 Å². The van der Waals surface area contributed by atoms with Gasteiger partial charge in [-0.15, -0.1) is 0 Å². The Bertz CT molecular complexity index is 647. The molecule has 0 bridgehead atoms. The van der Waals surface area contributed by atoms with Crippen molar-refractivity contribution in [1.29, 1.82) is 0 Å². The van der Waals surface area contributed by atoms with Crippen LogP contribution in [0.4, 0.5) is 5.69 Å². The molecule has 2 saturated heterocycles. The van der Waals surface area contributed by atoms with E-state index in [0.717, 1.165) is 25.9 Å². The number of aliphatic carboxylic acids is 1. The topological polar surface area (TPSA) is 77.9 Å². The number of carbonyl (C=O) groups is 3. The fourth-order valence-electron chi connectivity index (χ4n) is 3.45. The summed E-state index contributed by atoms with van der Waals surface area (Å²) in [5, 5.41) is 8.81. The summed E-state index contributed by atoms with van der Waals surface area (Å²) in [6.45, 7) is 3.93. The summed E-state index contributed by atoms with van der Waals surface area (Å²) < 4.78 is 0. The molecule has 24 heavy (non-hydrogen) atoms. The van der Waals surface area contributed by atoms with Crippen LogP contribution in [-0.2, 0) is 20.8 Å². The number of carbonyl (C=O) groups excluding carboxylic acids is 2. The van der Waals surface area contributed by atoms with E-state index in [0.29, 0.717) is 17.2 Å². The summed E-state index contributed by atoms with van der Waals surface area (Å²) in [6, 6.07) is 6.24. The van der Waals surface area contributed by atoms with E-state index in [1.165, 1.54) is 4.90 Å². The number of amides is 2. The van der Waals surface area contributed by atoms with Crippen LogP contribution in [0.15, 0.2) is 24.3 Å². The molecule has 1 atom stereocenters. The molecular weight excluding hydrogens is 308 g/mol. The Labute approximate surface area is 141 Å². The second-order valence-corrected chi connectivity index (χ2v) is 6.74. The molecule has 1 N–H and O–H groups in total. The zero-order chi connectivity index (χ0) is 17.3. The highest BCUT2D eigenvalue weighted by atomic mass is 16.4. The highest BCUT2D eigenvalue weighted by molar-refractivity contribution is 6.22. The maximum Gasteiger partial charge on any atom is 0.307 e. The Morgan fingerprint density at radius 2 is 1.79 bits per heavy atom. The van der Waals surface area contributed by atoms with Crippen LogP contribution in [0.5, 0.6) is 0 Å². The minimum atomic E-state index is -0.907. The van der Waals surface area contributed by atoms with Gasteiger partial charge in [0.25, 0.3) is 5.91 Å². The van der Waals surface area contributed by atoms with Gasteiger partial charge < -0.3 is 5.11 Å². The molecule has 2 heterocycles. The lowest BCUT2D eigenvalue weighted by atomic mass is 9.97. The number of hydrogen-bond donors (Lipinski definition) is 1. The average Bonchev–Trinajstić information content (AvgIpc) is 2.83. The molecule has 0 spiro atoms. The minimum Gasteiger partial charge on any atom is -0.481 e. The van der Waals surface area contributed by atoms with Gasteiger partial charge in [-0.3, -0.25) is 19.3 Å². The Morgan fingerprint density at radius 1 is 1.17 bits per heavy atom. The molecule has 0 aliphatic carbocycles. The lowest BCUT2D eigenvalue weighted by molar-refractivity contribution is -0.136. The normalized spacial score (nSPS) is 23.0. The molecule has 1 aromatic rings. The summed E-state index contributed by atoms with van der Waals surface area (Å²) >= 11 is 0. The monoisotopic (exact) mass is 330 g/mol. The molecule has 2 aliphatic heterocycles. The lowest BCUT2D eigenvalue weighted by Gasteiger charge is -2.33. The highest BCUT2D eigenvalue weighted by Gasteiger charge is 2.43. The van der Waals surface area contributed by atoms with E-state index in [9.17, 15) is 14.4 Å². The van der Waals surface area contributed by atoms with E-state index in [1.54, 1.807) is 24.3 Å². The molecule has 0 radical (unpaired) electrons. The standard InChI is InChI=1S/C18H22N2O4/c1-12-6-8-19(9-7-12)15-11-16(21)20(18(15)24)14-4-2-13(3-5-14)10-17(22)23/h2-5,12,15H,6-11H2,1H3,(H,22,23). The summed E-state index contributed by atoms with van der Waals surface area (Å²) in [4.78, 5) is 39.2. The van der Waals surface area contributed by atoms with Gasteiger partial charge in [0, 0.05) is 0 Å². The molecule has 3 rings (SSSR count). The quantitative estimate of drug-likeness (QED) is 0.850. The first-order valence-corrected chi connectivity index (χ1v) is 8.37. The number of imide groups is 1. The van der Waals surface area contributed by atoms with Crippen LogP contribution in [0.2, 0.25) is 0 Å². The van der Waals surface area contributed by atoms with Gasteiger partial charge in [-0.25, -0.2) is 4.90 Å². The van der Waals surface area contributed by atoms with Crippen molar-refractivity contribution in [3.8, 4) is 0 Å². The zero-order valence-electron chi connectivity index (χ0n) is 13.8. The second kappa shape index (κ2) is 6.73. The van der Waals surface area contributed by atoms with E-state index in [-0.39, 0.29) is 30.7 Å². The molecule has 2 amide bonds. The summed E-state index contributed by atoms with van der Waals surface area (Å²) in [7, 11) is 0. The third kappa shape index (κ3) is 3.33. The lowest BCUT2D eigenvalue weighted by Crippen LogP contribution is -2.45. The number of anilines is 1. The van der Waals surface area contributed by atoms with Gasteiger partial charge in [0.05, 0.1) is 24.6 Å². The van der Waals surface area contributed by atoms with Crippen LogP contribution in [0.1, 0.15) is 31.7 Å². The van der Waals surface area contributed by atoms with Crippen LogP contribution in [0.25, 0.3) is 0 Å². The van der Waals surface area contributed by atoms with Gasteiger partial charge in [-0.2, -0.15) is 0 Å². The fraction of sp³-hybridized carbons (Fsp3) is 0.500. The summed E-state index contributed by atoms with van der Waals surface area (Å²) in [5.41, 5.74) is 1.17. The van der Waals surface area contributed by atoms with E-state index >= 15 is 0 Å². The Balaban J connectivity index is 1.73. The molecule has 1 unspecified atom stereocenters. The fourth-order valence-corrected chi connectivity index (χ4v) is 3.45. The molecule has 0 aromatic heterocycles. The maximum absolute atomic E-state index is 12.7. The number of piperidine rings is 1. The third-order valence-corrected chi connectivity index (χ3v) is 4.93. The maximum atomic E-state index is 12.7. The Kier molecular flexibility index (Phi) is 4.66. The van der Waals surface area contributed by atoms with Crippen LogP contribution in [0.3, 0.4) is 0 Å². The van der Waals surface area contributed by atoms with Crippen molar-refractivity contribution in [3.05, 3.63) is 29.8 Å². The Morgan fingerprint density at radius 3 is 2.38 bits per heavy atom. The number of likely N-dealkylation sites (tertiary alicyclic amines) is 1. The molecule has 6 nitrogen and oxygen atoms in total. The number of hydrogen-bond acceptors (Lipinski definition) is 4. The molecular formula is C18H22N2O4. The number of nitrogens with zero attached hydrogens (tertiary/aromatic N) is 2.